The van der Waals surface area contributed by atoms with Crippen molar-refractivity contribution in [1.29, 1.82) is 0 Å². The van der Waals surface area contributed by atoms with Gasteiger partial charge in [-0.05, 0) is 17.0 Å². The number of nitrogens with zero attached hydrogens (tertiary/aromatic N) is 3. The van der Waals surface area contributed by atoms with E-state index < -0.39 is 0 Å². The number of nitrogens with one attached hydrogen (secondary N) is 1. The molecule has 0 bridgehead atoms. The van der Waals surface area contributed by atoms with Crippen molar-refractivity contribution in [2.75, 3.05) is 14.1 Å². The summed E-state index contributed by atoms with van der Waals surface area (Å²) in [7, 11) is 3.52. The summed E-state index contributed by atoms with van der Waals surface area (Å²) in [6, 6.07) is 13.7. The zero-order chi connectivity index (χ0) is 16.2. The molecule has 23 heavy (non-hydrogen) atoms. The van der Waals surface area contributed by atoms with Crippen LogP contribution in [0.4, 0.5) is 0 Å². The van der Waals surface area contributed by atoms with Gasteiger partial charge in [0.25, 0.3) is 0 Å². The third-order valence-electron chi connectivity index (χ3n) is 3.21. The van der Waals surface area contributed by atoms with Crippen molar-refractivity contribution in [2.45, 2.75) is 10.4 Å². The summed E-state index contributed by atoms with van der Waals surface area (Å²) in [4.78, 5) is 19.6. The lowest BCUT2D eigenvalue weighted by Crippen LogP contribution is -2.26. The Morgan fingerprint density at radius 1 is 1.22 bits per heavy atom. The minimum atomic E-state index is -0.363. The van der Waals surface area contributed by atoms with Crippen molar-refractivity contribution < 1.29 is 4.79 Å². The fourth-order valence-corrected chi connectivity index (χ4v) is 3.77. The number of aromatic nitrogens is 3. The van der Waals surface area contributed by atoms with Crippen LogP contribution in [0.1, 0.15) is 10.8 Å². The number of hydrogen-bond acceptors (Lipinski definition) is 5. The van der Waals surface area contributed by atoms with Crippen molar-refractivity contribution in [3.05, 3.63) is 53.4 Å². The van der Waals surface area contributed by atoms with Crippen LogP contribution < -0.4 is 0 Å². The van der Waals surface area contributed by atoms with Crippen LogP contribution in [0.25, 0.3) is 10.7 Å². The van der Waals surface area contributed by atoms with Gasteiger partial charge in [0.2, 0.25) is 11.1 Å². The standard InChI is InChI=1S/C16H16N4OS2/c1-20(2)15(21)13(11-7-4-3-5-8-11)23-16-17-14(18-19-16)12-9-6-10-22-12/h3-10,13H,1-2H3,(H,17,18,19)/t13-/m1/s1. The molecule has 0 radical (unpaired) electrons. The van der Waals surface area contributed by atoms with Gasteiger partial charge in [0, 0.05) is 14.1 Å². The normalized spacial score (nSPS) is 12.1. The average molecular weight is 344 g/mol. The Labute approximate surface area is 142 Å². The number of likely N-dealkylation sites (N-methyl/N-ethyl adjacent to an activating group) is 1. The van der Waals surface area contributed by atoms with Gasteiger partial charge in [-0.25, -0.2) is 4.98 Å². The highest BCUT2D eigenvalue weighted by Gasteiger charge is 2.25. The van der Waals surface area contributed by atoms with Gasteiger partial charge in [-0.1, -0.05) is 48.2 Å². The Balaban J connectivity index is 1.86. The number of rotatable bonds is 5. The molecule has 2 aromatic heterocycles. The third-order valence-corrected chi connectivity index (χ3v) is 5.19. The van der Waals surface area contributed by atoms with E-state index in [9.17, 15) is 4.79 Å². The Bertz CT molecular complexity index is 769. The molecule has 3 aromatic rings. The van der Waals surface area contributed by atoms with E-state index in [2.05, 4.69) is 15.2 Å². The first-order valence-corrected chi connectivity index (χ1v) is 8.80. The summed E-state index contributed by atoms with van der Waals surface area (Å²) in [6.07, 6.45) is 0. The SMILES string of the molecule is CN(C)C(=O)[C@H](Sc1n[nH]c(-c2cccs2)n1)c1ccccc1. The van der Waals surface area contributed by atoms with Crippen molar-refractivity contribution in [2.24, 2.45) is 0 Å². The zero-order valence-electron chi connectivity index (χ0n) is 12.8. The van der Waals surface area contributed by atoms with Crippen molar-refractivity contribution in [3.8, 4) is 10.7 Å². The van der Waals surface area contributed by atoms with Crippen LogP contribution in [-0.4, -0.2) is 40.1 Å². The molecule has 5 nitrogen and oxygen atoms in total. The van der Waals surface area contributed by atoms with Crippen molar-refractivity contribution >= 4 is 29.0 Å². The molecular formula is C16H16N4OS2. The van der Waals surface area contributed by atoms with Crippen molar-refractivity contribution in [1.82, 2.24) is 20.1 Å². The second kappa shape index (κ2) is 6.97. The molecular weight excluding hydrogens is 328 g/mol. The van der Waals surface area contributed by atoms with Gasteiger partial charge in [-0.3, -0.25) is 9.89 Å². The number of thioether (sulfide) groups is 1. The summed E-state index contributed by atoms with van der Waals surface area (Å²) in [5, 5.41) is 9.38. The molecule has 118 valence electrons. The highest BCUT2D eigenvalue weighted by molar-refractivity contribution is 8.00. The Hall–Kier alpha value is -2.12. The molecule has 0 aliphatic carbocycles. The van der Waals surface area contributed by atoms with E-state index in [-0.39, 0.29) is 11.2 Å². The Kier molecular flexibility index (Phi) is 4.78. The lowest BCUT2D eigenvalue weighted by molar-refractivity contribution is -0.128. The molecule has 2 heterocycles. The summed E-state index contributed by atoms with van der Waals surface area (Å²) < 4.78 is 0. The first kappa shape index (κ1) is 15.8. The average Bonchev–Trinajstić information content (AvgIpc) is 3.24. The molecule has 3 rings (SSSR count). The number of hydrogen-bond donors (Lipinski definition) is 1. The van der Waals surface area contributed by atoms with Gasteiger partial charge in [-0.2, -0.15) is 0 Å². The molecule has 0 spiro atoms. The van der Waals surface area contributed by atoms with E-state index in [0.29, 0.717) is 5.16 Å². The fraction of sp³-hybridized carbons (Fsp3) is 0.188. The molecule has 0 fully saturated rings. The molecule has 7 heteroatoms. The topological polar surface area (TPSA) is 61.9 Å². The summed E-state index contributed by atoms with van der Waals surface area (Å²) in [5.41, 5.74) is 0.943. The largest absolute Gasteiger partial charge is 0.348 e. The second-order valence-corrected chi connectivity index (χ2v) is 7.11. The van der Waals surface area contributed by atoms with Crippen LogP contribution in [0.2, 0.25) is 0 Å². The molecule has 1 aromatic carbocycles. The van der Waals surface area contributed by atoms with Gasteiger partial charge in [0.15, 0.2) is 5.82 Å². The lowest BCUT2D eigenvalue weighted by atomic mass is 10.1. The summed E-state index contributed by atoms with van der Waals surface area (Å²) >= 11 is 2.95. The Morgan fingerprint density at radius 3 is 2.65 bits per heavy atom. The predicted molar refractivity (Wildman–Crippen MR) is 93.4 cm³/mol. The van der Waals surface area contributed by atoms with E-state index >= 15 is 0 Å². The molecule has 0 unspecified atom stereocenters. The van der Waals surface area contributed by atoms with Gasteiger partial charge < -0.3 is 4.90 Å². The van der Waals surface area contributed by atoms with Crippen LogP contribution in [0.5, 0.6) is 0 Å². The van der Waals surface area contributed by atoms with Crippen LogP contribution in [-0.2, 0) is 4.79 Å². The quantitative estimate of drug-likeness (QED) is 0.720. The number of thiophene rings is 1. The lowest BCUT2D eigenvalue weighted by Gasteiger charge is -2.19. The molecule has 1 amide bonds. The van der Waals surface area contributed by atoms with Crippen LogP contribution in [0, 0.1) is 0 Å². The number of aromatic amines is 1. The number of H-pyrrole nitrogens is 1. The minimum absolute atomic E-state index is 0.0173. The van der Waals surface area contributed by atoms with Gasteiger partial charge in [0.1, 0.15) is 5.25 Å². The van der Waals surface area contributed by atoms with E-state index in [4.69, 9.17) is 0 Å². The summed E-state index contributed by atoms with van der Waals surface area (Å²) in [6.45, 7) is 0. The number of amides is 1. The maximum absolute atomic E-state index is 12.5. The third kappa shape index (κ3) is 3.62. The first-order chi connectivity index (χ1) is 11.1. The predicted octanol–water partition coefficient (Wildman–Crippen LogP) is 3.45. The Morgan fingerprint density at radius 2 is 2.00 bits per heavy atom. The maximum Gasteiger partial charge on any atom is 0.240 e. The fourth-order valence-electron chi connectivity index (χ4n) is 2.05. The highest BCUT2D eigenvalue weighted by Crippen LogP contribution is 2.35. The van der Waals surface area contributed by atoms with Gasteiger partial charge >= 0.3 is 0 Å². The van der Waals surface area contributed by atoms with Gasteiger partial charge in [-0.15, -0.1) is 16.4 Å². The number of benzene rings is 1. The monoisotopic (exact) mass is 344 g/mol. The second-order valence-electron chi connectivity index (χ2n) is 5.09. The molecule has 1 N–H and O–H groups in total. The molecule has 0 saturated heterocycles. The van der Waals surface area contributed by atoms with Gasteiger partial charge in [0.05, 0.1) is 4.88 Å². The maximum atomic E-state index is 12.5. The van der Waals surface area contributed by atoms with E-state index in [1.807, 2.05) is 47.8 Å². The highest BCUT2D eigenvalue weighted by atomic mass is 32.2. The van der Waals surface area contributed by atoms with Crippen LogP contribution in [0.3, 0.4) is 0 Å². The summed E-state index contributed by atoms with van der Waals surface area (Å²) in [5.74, 6) is 0.746. The van der Waals surface area contributed by atoms with E-state index in [1.165, 1.54) is 11.8 Å². The number of carbonyl (C=O) groups is 1. The molecule has 0 aliphatic heterocycles. The molecule has 1 atom stereocenters. The van der Waals surface area contributed by atoms with Crippen LogP contribution in [0.15, 0.2) is 53.0 Å². The first-order valence-electron chi connectivity index (χ1n) is 7.04. The van der Waals surface area contributed by atoms with Crippen LogP contribution >= 0.6 is 23.1 Å². The van der Waals surface area contributed by atoms with E-state index in [1.54, 1.807) is 30.3 Å². The molecule has 0 aliphatic rings. The number of carbonyl (C=O) groups excluding carboxylic acids is 1. The van der Waals surface area contributed by atoms with E-state index in [0.717, 1.165) is 16.3 Å². The minimum Gasteiger partial charge on any atom is -0.348 e. The molecule has 0 saturated carbocycles. The zero-order valence-corrected chi connectivity index (χ0v) is 14.4. The smallest absolute Gasteiger partial charge is 0.240 e. The van der Waals surface area contributed by atoms with Crippen molar-refractivity contribution in [3.63, 3.8) is 0 Å².